The second-order valence-electron chi connectivity index (χ2n) is 5.04. The number of hydrogen-bond acceptors (Lipinski definition) is 2. The molecule has 0 radical (unpaired) electrons. The van der Waals surface area contributed by atoms with Gasteiger partial charge in [0.1, 0.15) is 0 Å². The summed E-state index contributed by atoms with van der Waals surface area (Å²) < 4.78 is 0. The van der Waals surface area contributed by atoms with Crippen LogP contribution in [0.1, 0.15) is 60.2 Å². The van der Waals surface area contributed by atoms with Crippen LogP contribution in [0, 0.1) is 11.8 Å². The minimum atomic E-state index is -0.112. The number of unbranched alkanes of at least 4 members (excludes halogenated alkanes) is 1. The second-order valence-corrected chi connectivity index (χ2v) is 5.04. The molecule has 0 fully saturated rings. The lowest BCUT2D eigenvalue weighted by Crippen LogP contribution is -2.36. The highest BCUT2D eigenvalue weighted by Crippen LogP contribution is 2.34. The predicted octanol–water partition coefficient (Wildman–Crippen LogP) is 3.90. The monoisotopic (exact) mass is 244 g/mol. The fourth-order valence-electron chi connectivity index (χ4n) is 2.90. The van der Waals surface area contributed by atoms with Crippen LogP contribution in [0.25, 0.3) is 0 Å². The fourth-order valence-corrected chi connectivity index (χ4v) is 2.90. The molecule has 0 spiro atoms. The van der Waals surface area contributed by atoms with Crippen molar-refractivity contribution in [1.29, 1.82) is 0 Å². The van der Waals surface area contributed by atoms with E-state index in [0.717, 1.165) is 25.7 Å². The van der Waals surface area contributed by atoms with Crippen molar-refractivity contribution in [1.82, 2.24) is 0 Å². The van der Waals surface area contributed by atoms with Gasteiger partial charge >= 0.3 is 0 Å². The zero-order valence-corrected chi connectivity index (χ0v) is 11.1. The lowest BCUT2D eigenvalue weighted by Gasteiger charge is -2.30. The molecule has 2 rings (SSSR count). The van der Waals surface area contributed by atoms with Crippen LogP contribution in [0.2, 0.25) is 0 Å². The van der Waals surface area contributed by atoms with E-state index in [-0.39, 0.29) is 23.4 Å². The first-order chi connectivity index (χ1) is 8.70. The minimum absolute atomic E-state index is 0.0997. The Labute approximate surface area is 108 Å². The molecule has 96 valence electrons. The molecule has 2 unspecified atom stereocenters. The van der Waals surface area contributed by atoms with E-state index in [9.17, 15) is 9.59 Å². The first-order valence-electron chi connectivity index (χ1n) is 6.88. The summed E-state index contributed by atoms with van der Waals surface area (Å²) >= 11 is 0. The number of hydrogen-bond donors (Lipinski definition) is 0. The second kappa shape index (κ2) is 5.47. The number of fused-ring (bicyclic) bond motifs is 1. The molecule has 18 heavy (non-hydrogen) atoms. The van der Waals surface area contributed by atoms with Crippen LogP contribution < -0.4 is 0 Å². The maximum Gasteiger partial charge on any atom is 0.167 e. The zero-order valence-electron chi connectivity index (χ0n) is 11.1. The Hall–Kier alpha value is -1.44. The van der Waals surface area contributed by atoms with Gasteiger partial charge in [-0.05, 0) is 12.8 Å². The van der Waals surface area contributed by atoms with Crippen molar-refractivity contribution in [3.8, 4) is 0 Å². The van der Waals surface area contributed by atoms with Crippen LogP contribution in [0.3, 0.4) is 0 Å². The van der Waals surface area contributed by atoms with E-state index in [1.54, 1.807) is 12.1 Å². The van der Waals surface area contributed by atoms with Crippen LogP contribution in [-0.2, 0) is 0 Å². The Bertz CT molecular complexity index is 462. The Morgan fingerprint density at radius 3 is 2.00 bits per heavy atom. The summed E-state index contributed by atoms with van der Waals surface area (Å²) in [6, 6.07) is 7.25. The molecule has 1 aliphatic carbocycles. The van der Waals surface area contributed by atoms with Gasteiger partial charge < -0.3 is 0 Å². The molecule has 1 aliphatic rings. The van der Waals surface area contributed by atoms with Gasteiger partial charge in [0.25, 0.3) is 0 Å². The largest absolute Gasteiger partial charge is 0.294 e. The van der Waals surface area contributed by atoms with Crippen molar-refractivity contribution in [2.75, 3.05) is 0 Å². The number of carbonyl (C=O) groups is 2. The summed E-state index contributed by atoms with van der Waals surface area (Å²) in [5.74, 6) is 0.121. The van der Waals surface area contributed by atoms with E-state index in [2.05, 4.69) is 6.92 Å². The number of benzene rings is 1. The molecule has 0 aromatic heterocycles. The first kappa shape index (κ1) is 13.0. The highest BCUT2D eigenvalue weighted by atomic mass is 16.1. The van der Waals surface area contributed by atoms with Gasteiger partial charge in [0.05, 0.1) is 0 Å². The lowest BCUT2D eigenvalue weighted by atomic mass is 9.71. The van der Waals surface area contributed by atoms with Crippen molar-refractivity contribution in [2.24, 2.45) is 11.8 Å². The van der Waals surface area contributed by atoms with E-state index in [1.165, 1.54) is 0 Å². The van der Waals surface area contributed by atoms with Crippen LogP contribution in [0.15, 0.2) is 24.3 Å². The van der Waals surface area contributed by atoms with Crippen LogP contribution in [-0.4, -0.2) is 11.6 Å². The number of rotatable bonds is 4. The smallest absolute Gasteiger partial charge is 0.167 e. The maximum absolute atomic E-state index is 12.5. The summed E-state index contributed by atoms with van der Waals surface area (Å²) in [6.45, 7) is 4.12. The summed E-state index contributed by atoms with van der Waals surface area (Å²) in [6.07, 6.45) is 3.68. The topological polar surface area (TPSA) is 34.1 Å². The van der Waals surface area contributed by atoms with E-state index in [1.807, 2.05) is 19.1 Å². The van der Waals surface area contributed by atoms with Crippen LogP contribution in [0.5, 0.6) is 0 Å². The molecule has 0 aliphatic heterocycles. The molecular formula is C16H20O2. The number of Topliss-reactive ketones (excluding diaryl/α,β-unsaturated/α-hetero) is 2. The summed E-state index contributed by atoms with van der Waals surface area (Å²) in [7, 11) is 0. The standard InChI is InChI=1S/C16H20O2/c1-3-5-8-12-11(4-2)15(17)13-9-6-7-10-14(13)16(12)18/h6-7,9-12H,3-5,8H2,1-2H3. The van der Waals surface area contributed by atoms with Gasteiger partial charge in [-0.3, -0.25) is 9.59 Å². The van der Waals surface area contributed by atoms with E-state index in [0.29, 0.717) is 11.1 Å². The third-order valence-electron chi connectivity index (χ3n) is 3.93. The van der Waals surface area contributed by atoms with Gasteiger partial charge in [0.2, 0.25) is 0 Å². The van der Waals surface area contributed by atoms with Crippen molar-refractivity contribution in [3.63, 3.8) is 0 Å². The molecule has 0 heterocycles. The van der Waals surface area contributed by atoms with Gasteiger partial charge in [-0.1, -0.05) is 51.0 Å². The van der Waals surface area contributed by atoms with Crippen molar-refractivity contribution in [2.45, 2.75) is 39.5 Å². The molecule has 0 amide bonds. The summed E-state index contributed by atoms with van der Waals surface area (Å²) in [5.41, 5.74) is 1.26. The molecule has 2 heteroatoms. The molecule has 0 saturated heterocycles. The zero-order chi connectivity index (χ0) is 13.1. The minimum Gasteiger partial charge on any atom is -0.294 e. The van der Waals surface area contributed by atoms with Gasteiger partial charge in [-0.25, -0.2) is 0 Å². The highest BCUT2D eigenvalue weighted by molar-refractivity contribution is 6.15. The summed E-state index contributed by atoms with van der Waals surface area (Å²) in [4.78, 5) is 24.9. The third kappa shape index (κ3) is 2.12. The van der Waals surface area contributed by atoms with Gasteiger partial charge in [0, 0.05) is 23.0 Å². The molecule has 2 nitrogen and oxygen atoms in total. The number of carbonyl (C=O) groups excluding carboxylic acids is 2. The normalized spacial score (nSPS) is 23.0. The average molecular weight is 244 g/mol. The highest BCUT2D eigenvalue weighted by Gasteiger charge is 2.39. The third-order valence-corrected chi connectivity index (χ3v) is 3.93. The number of ketones is 2. The van der Waals surface area contributed by atoms with Gasteiger partial charge in [0.15, 0.2) is 11.6 Å². The van der Waals surface area contributed by atoms with Gasteiger partial charge in [-0.15, -0.1) is 0 Å². The summed E-state index contributed by atoms with van der Waals surface area (Å²) in [5, 5.41) is 0. The SMILES string of the molecule is CCCCC1C(=O)c2ccccc2C(=O)C1CC. The molecule has 0 bridgehead atoms. The Morgan fingerprint density at radius 2 is 1.50 bits per heavy atom. The maximum atomic E-state index is 12.5. The Morgan fingerprint density at radius 1 is 0.944 bits per heavy atom. The van der Waals surface area contributed by atoms with E-state index < -0.39 is 0 Å². The lowest BCUT2D eigenvalue weighted by molar-refractivity contribution is 0.0716. The van der Waals surface area contributed by atoms with Crippen molar-refractivity contribution < 1.29 is 9.59 Å². The van der Waals surface area contributed by atoms with Crippen molar-refractivity contribution >= 4 is 11.6 Å². The van der Waals surface area contributed by atoms with Gasteiger partial charge in [-0.2, -0.15) is 0 Å². The van der Waals surface area contributed by atoms with Crippen LogP contribution >= 0.6 is 0 Å². The Kier molecular flexibility index (Phi) is 3.95. The molecule has 1 aromatic carbocycles. The molecular weight excluding hydrogens is 224 g/mol. The molecule has 0 N–H and O–H groups in total. The molecule has 2 atom stereocenters. The first-order valence-corrected chi connectivity index (χ1v) is 6.88. The van der Waals surface area contributed by atoms with E-state index in [4.69, 9.17) is 0 Å². The average Bonchev–Trinajstić information content (AvgIpc) is 2.41. The molecule has 0 saturated carbocycles. The predicted molar refractivity (Wildman–Crippen MR) is 71.9 cm³/mol. The van der Waals surface area contributed by atoms with Crippen molar-refractivity contribution in [3.05, 3.63) is 35.4 Å². The van der Waals surface area contributed by atoms with Crippen LogP contribution in [0.4, 0.5) is 0 Å². The fraction of sp³-hybridized carbons (Fsp3) is 0.500. The Balaban J connectivity index is 2.39. The molecule has 1 aromatic rings. The quantitative estimate of drug-likeness (QED) is 0.805. The van der Waals surface area contributed by atoms with E-state index >= 15 is 0 Å².